The van der Waals surface area contributed by atoms with E-state index in [-0.39, 0.29) is 24.6 Å². The van der Waals surface area contributed by atoms with Gasteiger partial charge in [0.2, 0.25) is 5.91 Å². The summed E-state index contributed by atoms with van der Waals surface area (Å²) in [6.45, 7) is 4.24. The average molecular weight is 480 g/mol. The molecule has 1 saturated heterocycles. The van der Waals surface area contributed by atoms with E-state index in [1.54, 1.807) is 13.3 Å². The molecule has 0 aliphatic carbocycles. The number of nitrogens with one attached hydrogen (secondary N) is 2. The van der Waals surface area contributed by atoms with Crippen molar-refractivity contribution >= 4 is 34.6 Å². The molecule has 2 atom stereocenters. The molecule has 0 saturated carbocycles. The highest BCUT2D eigenvalue weighted by molar-refractivity contribution is 7.80. The quantitative estimate of drug-likeness (QED) is 0.468. The maximum Gasteiger partial charge on any atom is 0.250 e. The highest BCUT2D eigenvalue weighted by Gasteiger charge is 2.41. The molecule has 0 radical (unpaired) electrons. The van der Waals surface area contributed by atoms with Crippen LogP contribution in [0.5, 0.6) is 5.75 Å². The van der Waals surface area contributed by atoms with Gasteiger partial charge in [-0.1, -0.05) is 6.07 Å². The number of anilines is 2. The second kappa shape index (κ2) is 10.2. The first-order valence-electron chi connectivity index (χ1n) is 11.1. The first kappa shape index (κ1) is 23.7. The first-order valence-corrected chi connectivity index (χ1v) is 11.5. The zero-order valence-electron chi connectivity index (χ0n) is 19.7. The van der Waals surface area contributed by atoms with Crippen molar-refractivity contribution < 1.29 is 14.3 Å². The van der Waals surface area contributed by atoms with Gasteiger partial charge in [-0.2, -0.15) is 0 Å². The Morgan fingerprint density at radius 1 is 1.24 bits per heavy atom. The maximum atomic E-state index is 12.2. The molecule has 0 unspecified atom stereocenters. The van der Waals surface area contributed by atoms with Crippen LogP contribution in [0.15, 0.2) is 61.1 Å². The molecule has 1 amide bonds. The van der Waals surface area contributed by atoms with Crippen LogP contribution in [0, 0.1) is 0 Å². The summed E-state index contributed by atoms with van der Waals surface area (Å²) in [6, 6.07) is 13.7. The van der Waals surface area contributed by atoms with E-state index >= 15 is 0 Å². The number of hydrogen-bond acceptors (Lipinski definition) is 5. The van der Waals surface area contributed by atoms with Gasteiger partial charge in [0.15, 0.2) is 5.11 Å². The third kappa shape index (κ3) is 4.76. The van der Waals surface area contributed by atoms with E-state index in [2.05, 4.69) is 57.4 Å². The number of hydrogen-bond donors (Lipinski definition) is 2. The number of carbonyl (C=O) groups excluding carboxylic acids is 1. The van der Waals surface area contributed by atoms with Crippen LogP contribution in [-0.2, 0) is 9.53 Å². The van der Waals surface area contributed by atoms with Crippen molar-refractivity contribution in [1.82, 2.24) is 14.9 Å². The summed E-state index contributed by atoms with van der Waals surface area (Å²) in [5.74, 6) is 0.284. The fraction of sp³-hybridized carbons (Fsp3) is 0.320. The summed E-state index contributed by atoms with van der Waals surface area (Å²) in [5, 5.41) is 6.90. The van der Waals surface area contributed by atoms with Crippen LogP contribution in [0.1, 0.15) is 43.2 Å². The first-order chi connectivity index (χ1) is 16.4. The van der Waals surface area contributed by atoms with Crippen molar-refractivity contribution in [2.24, 2.45) is 0 Å². The molecule has 3 aromatic rings. The molecular formula is C25H29N5O3S. The van der Waals surface area contributed by atoms with Crippen molar-refractivity contribution in [3.8, 4) is 5.75 Å². The third-order valence-corrected chi connectivity index (χ3v) is 6.10. The number of ether oxygens (including phenoxy) is 2. The molecule has 1 aliphatic heterocycles. The summed E-state index contributed by atoms with van der Waals surface area (Å²) in [4.78, 5) is 18.9. The van der Waals surface area contributed by atoms with Gasteiger partial charge in [-0.15, -0.1) is 0 Å². The molecule has 0 bridgehead atoms. The minimum atomic E-state index is -0.267. The van der Waals surface area contributed by atoms with Crippen molar-refractivity contribution in [2.75, 3.05) is 31.0 Å². The van der Waals surface area contributed by atoms with Crippen molar-refractivity contribution in [3.63, 3.8) is 0 Å². The third-order valence-electron chi connectivity index (χ3n) is 5.78. The van der Waals surface area contributed by atoms with Gasteiger partial charge < -0.3 is 29.6 Å². The standard InChI is InChI=1S/C25H29N5O3S/c1-16(2)29-12-10-17(14-29)24-23(19-7-5-6-11-26-19)28-25(34)30(24)18-8-9-21(33-4)20(13-18)27-22(31)15-32-3/h5-14,16,23-24H,15H2,1-4H3,(H,27,31)(H,28,34)/t23-,24-/m1/s1. The number of carbonyl (C=O) groups is 1. The summed E-state index contributed by atoms with van der Waals surface area (Å²) >= 11 is 5.81. The Hall–Kier alpha value is -3.43. The van der Waals surface area contributed by atoms with Crippen molar-refractivity contribution in [1.29, 1.82) is 0 Å². The van der Waals surface area contributed by atoms with Crippen LogP contribution < -0.4 is 20.3 Å². The SMILES string of the molecule is COCC(=O)Nc1cc(N2C(=S)N[C@H](c3ccccn3)[C@H]2c2ccn(C(C)C)c2)ccc1OC. The van der Waals surface area contributed by atoms with Crippen molar-refractivity contribution in [2.45, 2.75) is 32.0 Å². The van der Waals surface area contributed by atoms with E-state index in [1.165, 1.54) is 7.11 Å². The molecule has 0 spiro atoms. The second-order valence-electron chi connectivity index (χ2n) is 8.35. The Balaban J connectivity index is 1.78. The molecule has 1 fully saturated rings. The number of nitrogens with zero attached hydrogens (tertiary/aromatic N) is 3. The molecule has 9 heteroatoms. The lowest BCUT2D eigenvalue weighted by Crippen LogP contribution is -2.29. The topological polar surface area (TPSA) is 80.7 Å². The van der Waals surface area contributed by atoms with E-state index in [0.29, 0.717) is 22.6 Å². The molecule has 1 aromatic carbocycles. The molecular weight excluding hydrogens is 450 g/mol. The normalized spacial score (nSPS) is 17.7. The minimum Gasteiger partial charge on any atom is -0.495 e. The van der Waals surface area contributed by atoms with Gasteiger partial charge >= 0.3 is 0 Å². The summed E-state index contributed by atoms with van der Waals surface area (Å²) in [6.07, 6.45) is 6.02. The minimum absolute atomic E-state index is 0.0514. The number of methoxy groups -OCH3 is 2. The van der Waals surface area contributed by atoms with Crippen LogP contribution in [-0.4, -0.2) is 41.4 Å². The van der Waals surface area contributed by atoms with Gasteiger partial charge in [0.25, 0.3) is 0 Å². The molecule has 8 nitrogen and oxygen atoms in total. The predicted molar refractivity (Wildman–Crippen MR) is 136 cm³/mol. The Morgan fingerprint density at radius 3 is 2.71 bits per heavy atom. The zero-order chi connectivity index (χ0) is 24.2. The number of amides is 1. The number of benzene rings is 1. The van der Waals surface area contributed by atoms with E-state index in [4.69, 9.17) is 21.7 Å². The van der Waals surface area contributed by atoms with Gasteiger partial charge in [0.05, 0.1) is 30.6 Å². The van der Waals surface area contributed by atoms with Crippen LogP contribution >= 0.6 is 12.2 Å². The smallest absolute Gasteiger partial charge is 0.250 e. The fourth-order valence-corrected chi connectivity index (χ4v) is 4.51. The van der Waals surface area contributed by atoms with E-state index in [1.807, 2.05) is 36.4 Å². The Labute approximate surface area is 204 Å². The zero-order valence-corrected chi connectivity index (χ0v) is 20.5. The lowest BCUT2D eigenvalue weighted by Gasteiger charge is -2.28. The molecule has 4 rings (SSSR count). The summed E-state index contributed by atoms with van der Waals surface area (Å²) < 4.78 is 12.6. The van der Waals surface area contributed by atoms with Crippen LogP contribution in [0.3, 0.4) is 0 Å². The molecule has 2 aromatic heterocycles. The Morgan fingerprint density at radius 2 is 2.06 bits per heavy atom. The number of thiocarbonyl (C=S) groups is 1. The highest BCUT2D eigenvalue weighted by atomic mass is 32.1. The average Bonchev–Trinajstić information content (AvgIpc) is 3.44. The number of pyridine rings is 1. The molecule has 2 N–H and O–H groups in total. The van der Waals surface area contributed by atoms with Crippen LogP contribution in [0.25, 0.3) is 0 Å². The van der Waals surface area contributed by atoms with Crippen molar-refractivity contribution in [3.05, 3.63) is 72.3 Å². The van der Waals surface area contributed by atoms with Gasteiger partial charge in [-0.25, -0.2) is 0 Å². The second-order valence-corrected chi connectivity index (χ2v) is 8.73. The summed E-state index contributed by atoms with van der Waals surface area (Å²) in [7, 11) is 3.05. The maximum absolute atomic E-state index is 12.2. The predicted octanol–water partition coefficient (Wildman–Crippen LogP) is 4.23. The van der Waals surface area contributed by atoms with E-state index < -0.39 is 0 Å². The summed E-state index contributed by atoms with van der Waals surface area (Å²) in [5.41, 5.74) is 3.38. The molecule has 178 valence electrons. The lowest BCUT2D eigenvalue weighted by molar-refractivity contribution is -0.119. The van der Waals surface area contributed by atoms with Crippen LogP contribution in [0.2, 0.25) is 0 Å². The van der Waals surface area contributed by atoms with Gasteiger partial charge in [0, 0.05) is 37.4 Å². The highest BCUT2D eigenvalue weighted by Crippen LogP contribution is 2.43. The molecule has 34 heavy (non-hydrogen) atoms. The monoisotopic (exact) mass is 479 g/mol. The largest absolute Gasteiger partial charge is 0.495 e. The fourth-order valence-electron chi connectivity index (χ4n) is 4.16. The van der Waals surface area contributed by atoms with Gasteiger partial charge in [-0.3, -0.25) is 9.78 Å². The number of aromatic nitrogens is 2. The lowest BCUT2D eigenvalue weighted by atomic mass is 9.98. The van der Waals surface area contributed by atoms with E-state index in [9.17, 15) is 4.79 Å². The Bertz CT molecular complexity index is 1160. The van der Waals surface area contributed by atoms with Gasteiger partial charge in [-0.05, 0) is 68.0 Å². The Kier molecular flexibility index (Phi) is 7.14. The number of rotatable bonds is 8. The molecule has 1 aliphatic rings. The van der Waals surface area contributed by atoms with Gasteiger partial charge in [0.1, 0.15) is 12.4 Å². The van der Waals surface area contributed by atoms with Crippen LogP contribution in [0.4, 0.5) is 11.4 Å². The van der Waals surface area contributed by atoms with E-state index in [0.717, 1.165) is 16.9 Å². The molecule has 3 heterocycles.